The maximum Gasteiger partial charge on any atom is 0.337 e. The van der Waals surface area contributed by atoms with Crippen LogP contribution in [0, 0.1) is 0 Å². The summed E-state index contributed by atoms with van der Waals surface area (Å²) in [7, 11) is 0. The summed E-state index contributed by atoms with van der Waals surface area (Å²) in [4.78, 5) is 25.0. The zero-order chi connectivity index (χ0) is 12.5. The molecule has 17 heavy (non-hydrogen) atoms. The Hall–Kier alpha value is -2.17. The quantitative estimate of drug-likeness (QED) is 0.749. The largest absolute Gasteiger partial charge is 0.352 e. The van der Waals surface area contributed by atoms with E-state index in [0.29, 0.717) is 19.4 Å². The topological polar surface area (TPSA) is 84.6 Å². The van der Waals surface area contributed by atoms with Crippen molar-refractivity contribution in [2.75, 3.05) is 0 Å². The van der Waals surface area contributed by atoms with Gasteiger partial charge >= 0.3 is 6.03 Å². The average Bonchev–Trinajstić information content (AvgIpc) is 2.33. The van der Waals surface area contributed by atoms with Crippen LogP contribution < -0.4 is 11.1 Å². The molecular weight excluding hydrogens is 218 g/mol. The van der Waals surface area contributed by atoms with E-state index in [4.69, 9.17) is 5.73 Å². The molecule has 3 N–H and O–H groups in total. The summed E-state index contributed by atoms with van der Waals surface area (Å²) in [6, 6.07) is 8.90. The Balaban J connectivity index is 2.20. The summed E-state index contributed by atoms with van der Waals surface area (Å²) in [5, 5.41) is 2.77. The van der Waals surface area contributed by atoms with Gasteiger partial charge in [-0.3, -0.25) is 4.79 Å². The number of amides is 3. The zero-order valence-corrected chi connectivity index (χ0v) is 9.43. The lowest BCUT2D eigenvalue weighted by molar-refractivity contribution is -0.121. The third-order valence-corrected chi connectivity index (χ3v) is 2.05. The fourth-order valence-corrected chi connectivity index (χ4v) is 1.24. The van der Waals surface area contributed by atoms with Crippen molar-refractivity contribution < 1.29 is 9.59 Å². The molecule has 1 aromatic carbocycles. The number of carbonyl (C=O) groups excluding carboxylic acids is 2. The molecule has 0 fully saturated rings. The van der Waals surface area contributed by atoms with E-state index >= 15 is 0 Å². The van der Waals surface area contributed by atoms with Crippen LogP contribution in [0.1, 0.15) is 18.4 Å². The third kappa shape index (κ3) is 6.09. The second-order valence-corrected chi connectivity index (χ2v) is 3.45. The number of hydrogen-bond donors (Lipinski definition) is 2. The predicted molar refractivity (Wildman–Crippen MR) is 65.6 cm³/mol. The molecule has 90 valence electrons. The summed E-state index contributed by atoms with van der Waals surface area (Å²) in [5.74, 6) is -0.0789. The number of hydrogen-bond acceptors (Lipinski definition) is 2. The molecular formula is C12H15N3O2. The van der Waals surface area contributed by atoms with E-state index in [1.54, 1.807) is 0 Å². The van der Waals surface area contributed by atoms with E-state index in [2.05, 4.69) is 10.3 Å². The van der Waals surface area contributed by atoms with E-state index < -0.39 is 6.03 Å². The van der Waals surface area contributed by atoms with Gasteiger partial charge in [0.25, 0.3) is 0 Å². The maximum atomic E-state index is 11.4. The van der Waals surface area contributed by atoms with Crippen LogP contribution in [-0.4, -0.2) is 18.2 Å². The Morgan fingerprint density at radius 2 is 2.00 bits per heavy atom. The Labute approximate surface area is 99.7 Å². The second kappa shape index (κ2) is 7.16. The predicted octanol–water partition coefficient (Wildman–Crippen LogP) is 1.23. The highest BCUT2D eigenvalue weighted by molar-refractivity contribution is 5.84. The lowest BCUT2D eigenvalue weighted by atomic mass is 10.2. The van der Waals surface area contributed by atoms with Gasteiger partial charge in [-0.25, -0.2) is 9.79 Å². The van der Waals surface area contributed by atoms with Crippen LogP contribution in [0.2, 0.25) is 0 Å². The van der Waals surface area contributed by atoms with Gasteiger partial charge in [0.2, 0.25) is 5.91 Å². The summed E-state index contributed by atoms with van der Waals surface area (Å²) >= 11 is 0. The normalized spacial score (nSPS) is 10.4. The summed E-state index contributed by atoms with van der Waals surface area (Å²) in [6.45, 7) is 0.507. The first-order valence-electron chi connectivity index (χ1n) is 5.31. The first-order chi connectivity index (χ1) is 8.18. The smallest absolute Gasteiger partial charge is 0.337 e. The van der Waals surface area contributed by atoms with Crippen molar-refractivity contribution in [2.45, 2.75) is 19.4 Å². The number of urea groups is 1. The van der Waals surface area contributed by atoms with Crippen LogP contribution in [0.15, 0.2) is 35.3 Å². The number of carbonyl (C=O) groups is 2. The molecule has 0 aromatic heterocycles. The van der Waals surface area contributed by atoms with Gasteiger partial charge in [-0.2, -0.15) is 0 Å². The molecule has 0 bridgehead atoms. The number of nitrogens with one attached hydrogen (secondary N) is 1. The van der Waals surface area contributed by atoms with Crippen LogP contribution in [0.25, 0.3) is 0 Å². The van der Waals surface area contributed by atoms with E-state index in [1.165, 1.54) is 6.21 Å². The van der Waals surface area contributed by atoms with Crippen molar-refractivity contribution in [3.63, 3.8) is 0 Å². The Morgan fingerprint density at radius 3 is 2.65 bits per heavy atom. The molecule has 0 aliphatic rings. The van der Waals surface area contributed by atoms with Crippen LogP contribution in [0.4, 0.5) is 4.79 Å². The van der Waals surface area contributed by atoms with Crippen molar-refractivity contribution in [3.8, 4) is 0 Å². The van der Waals surface area contributed by atoms with Crippen molar-refractivity contribution in [1.82, 2.24) is 5.32 Å². The number of aliphatic imine (C=N–C) groups is 1. The van der Waals surface area contributed by atoms with Crippen molar-refractivity contribution >= 4 is 18.2 Å². The zero-order valence-electron chi connectivity index (χ0n) is 9.43. The van der Waals surface area contributed by atoms with Gasteiger partial charge in [-0.15, -0.1) is 0 Å². The van der Waals surface area contributed by atoms with Crippen LogP contribution >= 0.6 is 0 Å². The maximum absolute atomic E-state index is 11.4. The van der Waals surface area contributed by atoms with Gasteiger partial charge in [-0.05, 0) is 12.0 Å². The molecule has 3 amide bonds. The highest BCUT2D eigenvalue weighted by Crippen LogP contribution is 1.97. The molecule has 5 heteroatoms. The van der Waals surface area contributed by atoms with Crippen molar-refractivity contribution in [2.24, 2.45) is 10.7 Å². The third-order valence-electron chi connectivity index (χ3n) is 2.05. The molecule has 0 aliphatic heterocycles. The number of nitrogens with two attached hydrogens (primary N) is 1. The van der Waals surface area contributed by atoms with E-state index in [1.807, 2.05) is 30.3 Å². The molecule has 1 aromatic rings. The summed E-state index contributed by atoms with van der Waals surface area (Å²) in [5.41, 5.74) is 5.85. The van der Waals surface area contributed by atoms with Crippen LogP contribution in [-0.2, 0) is 11.3 Å². The SMILES string of the molecule is NC(=O)N=CCCC(=O)NCc1ccccc1. The first kappa shape index (κ1) is 12.9. The first-order valence-corrected chi connectivity index (χ1v) is 5.31. The molecule has 0 saturated heterocycles. The minimum absolute atomic E-state index is 0.0789. The number of benzene rings is 1. The molecule has 0 radical (unpaired) electrons. The molecule has 0 aliphatic carbocycles. The van der Waals surface area contributed by atoms with Gasteiger partial charge in [0, 0.05) is 19.2 Å². The highest BCUT2D eigenvalue weighted by atomic mass is 16.2. The molecule has 0 atom stereocenters. The average molecular weight is 233 g/mol. The van der Waals surface area contributed by atoms with Gasteiger partial charge in [0.05, 0.1) is 0 Å². The van der Waals surface area contributed by atoms with E-state index in [-0.39, 0.29) is 5.91 Å². The van der Waals surface area contributed by atoms with Gasteiger partial charge < -0.3 is 11.1 Å². The number of rotatable bonds is 5. The molecule has 1 rings (SSSR count). The summed E-state index contributed by atoms with van der Waals surface area (Å²) < 4.78 is 0. The summed E-state index contributed by atoms with van der Waals surface area (Å²) in [6.07, 6.45) is 2.05. The Bertz CT molecular complexity index is 401. The fourth-order valence-electron chi connectivity index (χ4n) is 1.24. The van der Waals surface area contributed by atoms with Crippen molar-refractivity contribution in [1.29, 1.82) is 0 Å². The minimum atomic E-state index is -0.741. The van der Waals surface area contributed by atoms with Gasteiger partial charge in [0.15, 0.2) is 0 Å². The Morgan fingerprint density at radius 1 is 1.29 bits per heavy atom. The van der Waals surface area contributed by atoms with Crippen molar-refractivity contribution in [3.05, 3.63) is 35.9 Å². The number of primary amides is 1. The minimum Gasteiger partial charge on any atom is -0.352 e. The van der Waals surface area contributed by atoms with Gasteiger partial charge in [0.1, 0.15) is 0 Å². The van der Waals surface area contributed by atoms with Crippen LogP contribution in [0.3, 0.4) is 0 Å². The molecule has 0 heterocycles. The lowest BCUT2D eigenvalue weighted by Gasteiger charge is -2.03. The van der Waals surface area contributed by atoms with E-state index in [9.17, 15) is 9.59 Å². The number of nitrogens with zero attached hydrogens (tertiary/aromatic N) is 1. The standard InChI is InChI=1S/C12H15N3O2/c13-12(17)14-8-4-7-11(16)15-9-10-5-2-1-3-6-10/h1-3,5-6,8H,4,7,9H2,(H2,13,17)(H,15,16). The van der Waals surface area contributed by atoms with E-state index in [0.717, 1.165) is 5.56 Å². The highest BCUT2D eigenvalue weighted by Gasteiger charge is 1.99. The molecule has 5 nitrogen and oxygen atoms in total. The molecule has 0 saturated carbocycles. The van der Waals surface area contributed by atoms with Gasteiger partial charge in [-0.1, -0.05) is 30.3 Å². The molecule has 0 unspecified atom stereocenters. The second-order valence-electron chi connectivity index (χ2n) is 3.45. The van der Waals surface area contributed by atoms with Crippen LogP contribution in [0.5, 0.6) is 0 Å². The lowest BCUT2D eigenvalue weighted by Crippen LogP contribution is -2.22. The molecule has 0 spiro atoms. The fraction of sp³-hybridized carbons (Fsp3) is 0.250. The monoisotopic (exact) mass is 233 g/mol. The Kier molecular flexibility index (Phi) is 5.43.